The van der Waals surface area contributed by atoms with Gasteiger partial charge < -0.3 is 20.6 Å². The van der Waals surface area contributed by atoms with Crippen molar-refractivity contribution >= 4 is 39.8 Å². The number of carbonyl (C=O) groups is 1. The van der Waals surface area contributed by atoms with Crippen LogP contribution >= 0.6 is 11.6 Å². The van der Waals surface area contributed by atoms with Crippen molar-refractivity contribution in [1.29, 1.82) is 0 Å². The molecule has 7 nitrogen and oxygen atoms in total. The Hall–Kier alpha value is -3.39. The Balaban J connectivity index is 1.27. The lowest BCUT2D eigenvalue weighted by atomic mass is 10.1. The molecule has 186 valence electrons. The summed E-state index contributed by atoms with van der Waals surface area (Å²) in [4.78, 5) is 15.0. The second-order valence-electron chi connectivity index (χ2n) is 9.27. The summed E-state index contributed by atoms with van der Waals surface area (Å²) >= 11 is 6.44. The van der Waals surface area contributed by atoms with Gasteiger partial charge in [-0.05, 0) is 67.8 Å². The topological polar surface area (TPSA) is 82.4 Å². The Morgan fingerprint density at radius 3 is 2.75 bits per heavy atom. The minimum absolute atomic E-state index is 0.105. The third-order valence-electron chi connectivity index (χ3n) is 6.66. The molecule has 1 amide bonds. The largest absolute Gasteiger partial charge is 0.393 e. The number of aliphatic hydroxyl groups is 1. The quantitative estimate of drug-likeness (QED) is 0.333. The molecule has 0 radical (unpaired) electrons. The lowest BCUT2D eigenvalue weighted by Gasteiger charge is -2.29. The van der Waals surface area contributed by atoms with Gasteiger partial charge in [-0.2, -0.15) is 5.10 Å². The molecule has 4 aromatic rings. The fraction of sp³-hybridized carbons (Fsp3) is 0.286. The summed E-state index contributed by atoms with van der Waals surface area (Å²) in [5.74, 6) is -0.105. The summed E-state index contributed by atoms with van der Waals surface area (Å²) in [5.41, 5.74) is 5.17. The Labute approximate surface area is 215 Å². The Morgan fingerprint density at radius 2 is 1.92 bits per heavy atom. The van der Waals surface area contributed by atoms with Crippen molar-refractivity contribution < 1.29 is 9.90 Å². The van der Waals surface area contributed by atoms with Gasteiger partial charge >= 0.3 is 0 Å². The number of nitrogens with one attached hydrogen (secondary N) is 2. The molecule has 5 rings (SSSR count). The lowest BCUT2D eigenvalue weighted by molar-refractivity contribution is 0.0804. The summed E-state index contributed by atoms with van der Waals surface area (Å²) in [6, 6.07) is 19.4. The van der Waals surface area contributed by atoms with Gasteiger partial charge in [-0.1, -0.05) is 29.8 Å². The molecular weight excluding hydrogens is 474 g/mol. The van der Waals surface area contributed by atoms with E-state index >= 15 is 0 Å². The zero-order chi connectivity index (χ0) is 25.1. The van der Waals surface area contributed by atoms with Gasteiger partial charge in [0.1, 0.15) is 0 Å². The molecule has 0 bridgehead atoms. The highest BCUT2D eigenvalue weighted by molar-refractivity contribution is 6.34. The fourth-order valence-corrected chi connectivity index (χ4v) is 4.74. The van der Waals surface area contributed by atoms with Gasteiger partial charge in [0.05, 0.1) is 34.2 Å². The van der Waals surface area contributed by atoms with Crippen molar-refractivity contribution in [2.24, 2.45) is 0 Å². The second kappa shape index (κ2) is 10.7. The molecule has 0 aliphatic carbocycles. The third kappa shape index (κ3) is 5.38. The van der Waals surface area contributed by atoms with Gasteiger partial charge in [0.2, 0.25) is 0 Å². The first kappa shape index (κ1) is 24.3. The summed E-state index contributed by atoms with van der Waals surface area (Å²) in [7, 11) is 0. The maximum absolute atomic E-state index is 12.8. The smallest absolute Gasteiger partial charge is 0.251 e. The Morgan fingerprint density at radius 1 is 1.11 bits per heavy atom. The van der Waals surface area contributed by atoms with E-state index in [0.29, 0.717) is 17.1 Å². The van der Waals surface area contributed by atoms with Crippen LogP contribution in [0.2, 0.25) is 5.02 Å². The van der Waals surface area contributed by atoms with Crippen molar-refractivity contribution in [1.82, 2.24) is 20.0 Å². The van der Waals surface area contributed by atoms with Crippen LogP contribution in [0.5, 0.6) is 0 Å². The van der Waals surface area contributed by atoms with E-state index in [1.807, 2.05) is 78.5 Å². The van der Waals surface area contributed by atoms with Crippen LogP contribution < -0.4 is 10.6 Å². The molecule has 0 atom stereocenters. The number of aliphatic hydroxyl groups excluding tert-OH is 1. The fourth-order valence-electron chi connectivity index (χ4n) is 4.57. The molecule has 1 fully saturated rings. The van der Waals surface area contributed by atoms with Crippen LogP contribution in [0.15, 0.2) is 66.9 Å². The van der Waals surface area contributed by atoms with Gasteiger partial charge in [-0.3, -0.25) is 4.79 Å². The van der Waals surface area contributed by atoms with Crippen molar-refractivity contribution in [3.8, 4) is 5.69 Å². The maximum Gasteiger partial charge on any atom is 0.251 e. The monoisotopic (exact) mass is 503 g/mol. The van der Waals surface area contributed by atoms with Crippen LogP contribution in [-0.2, 0) is 0 Å². The first-order chi connectivity index (χ1) is 17.5. The number of carbonyl (C=O) groups excluding carboxylic acids is 1. The van der Waals surface area contributed by atoms with Crippen molar-refractivity contribution in [3.05, 3.63) is 83.0 Å². The second-order valence-corrected chi connectivity index (χ2v) is 9.65. The van der Waals surface area contributed by atoms with Crippen LogP contribution in [0.25, 0.3) is 16.6 Å². The number of fused-ring (bicyclic) bond motifs is 1. The molecule has 1 saturated heterocycles. The van der Waals surface area contributed by atoms with E-state index in [4.69, 9.17) is 11.6 Å². The number of likely N-dealkylation sites (tertiary alicyclic amines) is 1. The van der Waals surface area contributed by atoms with E-state index in [2.05, 4.69) is 20.6 Å². The number of piperidine rings is 1. The number of amides is 1. The van der Waals surface area contributed by atoms with Crippen LogP contribution in [0.3, 0.4) is 0 Å². The average molecular weight is 504 g/mol. The minimum atomic E-state index is -0.188. The van der Waals surface area contributed by atoms with E-state index < -0.39 is 0 Å². The number of nitrogens with zero attached hydrogens (tertiary/aromatic N) is 3. The number of rotatable bonds is 7. The predicted octanol–water partition coefficient (Wildman–Crippen LogP) is 4.92. The summed E-state index contributed by atoms with van der Waals surface area (Å²) in [5, 5.41) is 22.3. The van der Waals surface area contributed by atoms with Gasteiger partial charge in [0.25, 0.3) is 5.91 Å². The molecule has 2 heterocycles. The number of aryl methyl sites for hydroxylation is 1. The lowest BCUT2D eigenvalue weighted by Crippen LogP contribution is -2.40. The molecule has 0 saturated carbocycles. The number of halogens is 1. The summed E-state index contributed by atoms with van der Waals surface area (Å²) in [6.07, 6.45) is 3.22. The van der Waals surface area contributed by atoms with Crippen LogP contribution in [-0.4, -0.2) is 58.0 Å². The Bertz CT molecular complexity index is 1380. The molecule has 3 N–H and O–H groups in total. The first-order valence-electron chi connectivity index (χ1n) is 12.3. The molecule has 0 spiro atoms. The zero-order valence-corrected chi connectivity index (χ0v) is 21.0. The molecule has 1 aliphatic heterocycles. The standard InChI is InChI=1S/C28H30ClN5O2/c1-19-4-2-7-25(27(19)29)32-22-8-9-26-21(16-22)18-31-34(26)23-6-3-5-20(17-23)28(36)30-12-15-33-13-10-24(35)11-14-33/h2-9,16-18,24,32,35H,10-15H2,1H3,(H,30,36). The molecule has 1 aromatic heterocycles. The van der Waals surface area contributed by atoms with Gasteiger partial charge in [-0.15, -0.1) is 0 Å². The highest BCUT2D eigenvalue weighted by atomic mass is 35.5. The number of hydrogen-bond acceptors (Lipinski definition) is 5. The highest BCUT2D eigenvalue weighted by Gasteiger charge is 2.17. The molecular formula is C28H30ClN5O2. The summed E-state index contributed by atoms with van der Waals surface area (Å²) in [6.45, 7) is 5.08. The highest BCUT2D eigenvalue weighted by Crippen LogP contribution is 2.30. The molecule has 8 heteroatoms. The number of benzene rings is 3. The van der Waals surface area contributed by atoms with Gasteiger partial charge in [0.15, 0.2) is 0 Å². The molecule has 0 unspecified atom stereocenters. The predicted molar refractivity (Wildman–Crippen MR) is 145 cm³/mol. The van der Waals surface area contributed by atoms with Crippen LogP contribution in [0, 0.1) is 6.92 Å². The zero-order valence-electron chi connectivity index (χ0n) is 20.2. The number of anilines is 2. The maximum atomic E-state index is 12.8. The van der Waals surface area contributed by atoms with Crippen molar-refractivity contribution in [3.63, 3.8) is 0 Å². The van der Waals surface area contributed by atoms with E-state index in [1.54, 1.807) is 0 Å². The van der Waals surface area contributed by atoms with Crippen LogP contribution in [0.4, 0.5) is 11.4 Å². The van der Waals surface area contributed by atoms with Crippen LogP contribution in [0.1, 0.15) is 28.8 Å². The third-order valence-corrected chi connectivity index (χ3v) is 7.16. The Kier molecular flexibility index (Phi) is 7.23. The molecule has 1 aliphatic rings. The minimum Gasteiger partial charge on any atom is -0.393 e. The van der Waals surface area contributed by atoms with Crippen molar-refractivity contribution in [2.75, 3.05) is 31.5 Å². The average Bonchev–Trinajstić information content (AvgIpc) is 3.31. The van der Waals surface area contributed by atoms with E-state index in [-0.39, 0.29) is 12.0 Å². The van der Waals surface area contributed by atoms with Gasteiger partial charge in [0, 0.05) is 42.8 Å². The molecule has 36 heavy (non-hydrogen) atoms. The van der Waals surface area contributed by atoms with Crippen molar-refractivity contribution in [2.45, 2.75) is 25.9 Å². The molecule has 3 aromatic carbocycles. The van der Waals surface area contributed by atoms with E-state index in [1.165, 1.54) is 0 Å². The first-order valence-corrected chi connectivity index (χ1v) is 12.6. The SMILES string of the molecule is Cc1cccc(Nc2ccc3c(cnn3-c3cccc(C(=O)NCCN4CCC(O)CC4)c3)c2)c1Cl. The number of hydrogen-bond donors (Lipinski definition) is 3. The summed E-state index contributed by atoms with van der Waals surface area (Å²) < 4.78 is 1.84. The number of aromatic nitrogens is 2. The van der Waals surface area contributed by atoms with E-state index in [9.17, 15) is 9.90 Å². The van der Waals surface area contributed by atoms with Gasteiger partial charge in [-0.25, -0.2) is 4.68 Å². The normalized spacial score (nSPS) is 14.8. The van der Waals surface area contributed by atoms with E-state index in [0.717, 1.165) is 66.0 Å².